The Morgan fingerprint density at radius 1 is 1.22 bits per heavy atom. The molecule has 2 unspecified atom stereocenters. The van der Waals surface area contributed by atoms with E-state index < -0.39 is 0 Å². The first-order valence-corrected chi connectivity index (χ1v) is 6.97. The molecule has 0 aliphatic heterocycles. The van der Waals surface area contributed by atoms with Crippen LogP contribution in [0.2, 0.25) is 5.02 Å². The highest BCUT2D eigenvalue weighted by Gasteiger charge is 2.54. The minimum atomic E-state index is 0.542. The van der Waals surface area contributed by atoms with Crippen LogP contribution in [0.15, 0.2) is 16.5 Å². The number of nitrogens with zero attached hydrogens (tertiary/aromatic N) is 1. The van der Waals surface area contributed by atoms with Gasteiger partial charge in [0, 0.05) is 12.0 Å². The number of aromatic nitrogens is 1. The lowest BCUT2D eigenvalue weighted by molar-refractivity contribution is 0.480. The van der Waals surface area contributed by atoms with Crippen LogP contribution in [0, 0.1) is 11.8 Å². The molecule has 1 heterocycles. The first-order chi connectivity index (χ1) is 8.74. The van der Waals surface area contributed by atoms with Gasteiger partial charge in [-0.1, -0.05) is 24.4 Å². The normalized spacial score (nSPS) is 30.4. The zero-order valence-electron chi connectivity index (χ0n) is 10.0. The first-order valence-electron chi connectivity index (χ1n) is 6.59. The molecule has 1 aromatic heterocycles. The minimum absolute atomic E-state index is 0.542. The van der Waals surface area contributed by atoms with Crippen molar-refractivity contribution >= 4 is 28.4 Å². The Labute approximate surface area is 110 Å². The lowest BCUT2D eigenvalue weighted by Crippen LogP contribution is -1.91. The topological polar surface area (TPSA) is 52.0 Å². The number of nitrogens with two attached hydrogens (primary N) is 1. The van der Waals surface area contributed by atoms with Crippen molar-refractivity contribution in [3.63, 3.8) is 0 Å². The van der Waals surface area contributed by atoms with E-state index in [1.165, 1.54) is 25.7 Å². The molecule has 4 heteroatoms. The highest BCUT2D eigenvalue weighted by molar-refractivity contribution is 6.33. The molecule has 2 aliphatic rings. The predicted octanol–water partition coefficient (Wildman–Crippen LogP) is 3.97. The molecule has 2 atom stereocenters. The van der Waals surface area contributed by atoms with Gasteiger partial charge < -0.3 is 10.2 Å². The summed E-state index contributed by atoms with van der Waals surface area (Å²) in [6.45, 7) is 0. The third-order valence-electron chi connectivity index (χ3n) is 4.47. The summed E-state index contributed by atoms with van der Waals surface area (Å²) in [6.07, 6.45) is 5.38. The molecule has 0 amide bonds. The molecule has 18 heavy (non-hydrogen) atoms. The molecule has 4 rings (SSSR count). The molecular weight excluding hydrogens is 248 g/mol. The molecule has 2 saturated carbocycles. The molecule has 0 saturated heterocycles. The maximum Gasteiger partial charge on any atom is 0.199 e. The quantitative estimate of drug-likeness (QED) is 0.791. The highest BCUT2D eigenvalue weighted by atomic mass is 35.5. The van der Waals surface area contributed by atoms with Crippen LogP contribution in [0.1, 0.15) is 37.5 Å². The molecule has 0 spiro atoms. The third kappa shape index (κ3) is 1.46. The van der Waals surface area contributed by atoms with Gasteiger partial charge in [-0.2, -0.15) is 0 Å². The molecule has 3 nitrogen and oxygen atoms in total. The van der Waals surface area contributed by atoms with E-state index in [0.717, 1.165) is 28.8 Å². The molecule has 0 radical (unpaired) electrons. The molecular formula is C14H15ClN2O. The number of oxazole rings is 1. The van der Waals surface area contributed by atoms with Gasteiger partial charge in [0.2, 0.25) is 0 Å². The number of rotatable bonds is 1. The molecule has 2 fully saturated rings. The lowest BCUT2D eigenvalue weighted by atomic mass is 10.0. The molecule has 2 N–H and O–H groups in total. The van der Waals surface area contributed by atoms with Gasteiger partial charge >= 0.3 is 0 Å². The van der Waals surface area contributed by atoms with Crippen molar-refractivity contribution in [3.8, 4) is 0 Å². The first kappa shape index (κ1) is 10.7. The number of anilines is 1. The maximum absolute atomic E-state index is 6.01. The van der Waals surface area contributed by atoms with Crippen molar-refractivity contribution in [2.45, 2.75) is 31.6 Å². The number of benzene rings is 1. The van der Waals surface area contributed by atoms with Crippen molar-refractivity contribution in [2.24, 2.45) is 11.8 Å². The van der Waals surface area contributed by atoms with Crippen LogP contribution in [0.3, 0.4) is 0 Å². The summed E-state index contributed by atoms with van der Waals surface area (Å²) >= 11 is 6.01. The van der Waals surface area contributed by atoms with Crippen LogP contribution in [-0.4, -0.2) is 4.98 Å². The van der Waals surface area contributed by atoms with E-state index in [0.29, 0.717) is 16.6 Å². The summed E-state index contributed by atoms with van der Waals surface area (Å²) in [5.41, 5.74) is 7.93. The Bertz CT molecular complexity index is 571. The van der Waals surface area contributed by atoms with Crippen molar-refractivity contribution in [3.05, 3.63) is 23.0 Å². The fourth-order valence-electron chi connectivity index (χ4n) is 3.48. The van der Waals surface area contributed by atoms with E-state index in [2.05, 4.69) is 4.98 Å². The number of fused-ring (bicyclic) bond motifs is 2. The second-order valence-corrected chi connectivity index (χ2v) is 5.94. The second kappa shape index (κ2) is 3.64. The summed E-state index contributed by atoms with van der Waals surface area (Å²) < 4.78 is 5.87. The van der Waals surface area contributed by atoms with Crippen LogP contribution >= 0.6 is 11.6 Å². The minimum Gasteiger partial charge on any atom is -0.440 e. The molecule has 2 aromatic rings. The van der Waals surface area contributed by atoms with Crippen molar-refractivity contribution in [1.82, 2.24) is 4.98 Å². The van der Waals surface area contributed by atoms with Crippen LogP contribution in [0.25, 0.3) is 11.1 Å². The maximum atomic E-state index is 6.01. The van der Waals surface area contributed by atoms with E-state index in [9.17, 15) is 0 Å². The van der Waals surface area contributed by atoms with Crippen molar-refractivity contribution in [2.75, 3.05) is 5.73 Å². The summed E-state index contributed by atoms with van der Waals surface area (Å²) in [4.78, 5) is 4.59. The second-order valence-electron chi connectivity index (χ2n) is 5.53. The summed E-state index contributed by atoms with van der Waals surface area (Å²) in [7, 11) is 0. The standard InChI is InChI=1S/C14H15ClN2O/c15-9-5-11-12(6-10(9)16)18-14(17-11)13-7-3-1-2-4-8(7)13/h5-8,13H,1-4,16H2. The van der Waals surface area contributed by atoms with Crippen LogP contribution in [0.4, 0.5) is 5.69 Å². The summed E-state index contributed by atoms with van der Waals surface area (Å²) in [6, 6.07) is 3.57. The Kier molecular flexibility index (Phi) is 2.16. The lowest BCUT2D eigenvalue weighted by Gasteiger charge is -2.04. The third-order valence-corrected chi connectivity index (χ3v) is 4.79. The van der Waals surface area contributed by atoms with Crippen molar-refractivity contribution < 1.29 is 4.42 Å². The molecule has 0 bridgehead atoms. The van der Waals surface area contributed by atoms with Crippen LogP contribution in [-0.2, 0) is 0 Å². The molecule has 94 valence electrons. The van der Waals surface area contributed by atoms with Crippen LogP contribution < -0.4 is 5.73 Å². The van der Waals surface area contributed by atoms with Gasteiger partial charge in [0.05, 0.1) is 10.7 Å². The highest BCUT2D eigenvalue weighted by Crippen LogP contribution is 2.61. The Morgan fingerprint density at radius 3 is 2.67 bits per heavy atom. The Hall–Kier alpha value is -1.22. The fraction of sp³-hybridized carbons (Fsp3) is 0.500. The molecule has 1 aromatic carbocycles. The smallest absolute Gasteiger partial charge is 0.199 e. The van der Waals surface area contributed by atoms with E-state index in [4.69, 9.17) is 21.8 Å². The number of hydrogen-bond acceptors (Lipinski definition) is 3. The van der Waals surface area contributed by atoms with Gasteiger partial charge in [0.25, 0.3) is 0 Å². The van der Waals surface area contributed by atoms with Gasteiger partial charge in [-0.15, -0.1) is 0 Å². The van der Waals surface area contributed by atoms with Gasteiger partial charge in [0.15, 0.2) is 11.5 Å². The SMILES string of the molecule is Nc1cc2oc(C3C4CCCCC43)nc2cc1Cl. The predicted molar refractivity (Wildman–Crippen MR) is 71.6 cm³/mol. The van der Waals surface area contributed by atoms with Gasteiger partial charge in [-0.05, 0) is 30.7 Å². The number of hydrogen-bond donors (Lipinski definition) is 1. The molecule has 2 aliphatic carbocycles. The Balaban J connectivity index is 1.74. The van der Waals surface area contributed by atoms with E-state index in [1.54, 1.807) is 12.1 Å². The van der Waals surface area contributed by atoms with Crippen LogP contribution in [0.5, 0.6) is 0 Å². The average molecular weight is 263 g/mol. The number of halogens is 1. The largest absolute Gasteiger partial charge is 0.440 e. The van der Waals surface area contributed by atoms with E-state index >= 15 is 0 Å². The number of nitrogen functional groups attached to an aromatic ring is 1. The van der Waals surface area contributed by atoms with Gasteiger partial charge in [0.1, 0.15) is 5.52 Å². The van der Waals surface area contributed by atoms with E-state index in [1.807, 2.05) is 0 Å². The zero-order chi connectivity index (χ0) is 12.3. The fourth-order valence-corrected chi connectivity index (χ4v) is 3.64. The average Bonchev–Trinajstić information content (AvgIpc) is 2.97. The monoisotopic (exact) mass is 262 g/mol. The van der Waals surface area contributed by atoms with E-state index in [-0.39, 0.29) is 0 Å². The van der Waals surface area contributed by atoms with Gasteiger partial charge in [-0.25, -0.2) is 4.98 Å². The Morgan fingerprint density at radius 2 is 1.94 bits per heavy atom. The summed E-state index contributed by atoms with van der Waals surface area (Å²) in [5.74, 6) is 3.04. The van der Waals surface area contributed by atoms with Crippen molar-refractivity contribution in [1.29, 1.82) is 0 Å². The zero-order valence-corrected chi connectivity index (χ0v) is 10.8. The summed E-state index contributed by atoms with van der Waals surface area (Å²) in [5, 5.41) is 0.551. The van der Waals surface area contributed by atoms with Gasteiger partial charge in [-0.3, -0.25) is 0 Å².